The van der Waals surface area contributed by atoms with Crippen LogP contribution < -0.4 is 5.56 Å². The lowest BCUT2D eigenvalue weighted by molar-refractivity contribution is 0.225. The van der Waals surface area contributed by atoms with Crippen LogP contribution in [0.25, 0.3) is 4.96 Å². The van der Waals surface area contributed by atoms with E-state index in [-0.39, 0.29) is 5.56 Å². The predicted octanol–water partition coefficient (Wildman–Crippen LogP) is 4.81. The Balaban J connectivity index is 1.81. The summed E-state index contributed by atoms with van der Waals surface area (Å²) in [7, 11) is 0. The van der Waals surface area contributed by atoms with Crippen LogP contribution in [-0.4, -0.2) is 26.0 Å². The molecule has 2 aromatic heterocycles. The van der Waals surface area contributed by atoms with Gasteiger partial charge >= 0.3 is 0 Å². The number of hydrogen-bond donors (Lipinski definition) is 0. The Hall–Kier alpha value is -1.76. The molecule has 0 aliphatic carbocycles. The highest BCUT2D eigenvalue weighted by molar-refractivity contribution is 7.16. The molecule has 5 nitrogen and oxygen atoms in total. The molecule has 3 rings (SSSR count). The van der Waals surface area contributed by atoms with Crippen LogP contribution >= 0.6 is 22.9 Å². The molecular formula is C21H27ClN4OS. The van der Waals surface area contributed by atoms with Crippen molar-refractivity contribution in [3.8, 4) is 0 Å². The number of benzene rings is 1. The van der Waals surface area contributed by atoms with Gasteiger partial charge in [-0.1, -0.05) is 62.3 Å². The molecule has 150 valence electrons. The van der Waals surface area contributed by atoms with E-state index in [4.69, 9.17) is 16.6 Å². The van der Waals surface area contributed by atoms with E-state index in [1.165, 1.54) is 21.4 Å². The van der Waals surface area contributed by atoms with Gasteiger partial charge < -0.3 is 0 Å². The van der Waals surface area contributed by atoms with Crippen molar-refractivity contribution >= 4 is 27.9 Å². The SMILES string of the molecule is CCCCc1nn2c(=O)cc(CN(Cc3ccc(Cl)cc3)CC(C)C)nc2s1. The van der Waals surface area contributed by atoms with Crippen LogP contribution in [0, 0.1) is 5.92 Å². The molecule has 0 unspecified atom stereocenters. The predicted molar refractivity (Wildman–Crippen MR) is 116 cm³/mol. The van der Waals surface area contributed by atoms with Crippen molar-refractivity contribution in [3.05, 3.63) is 62.0 Å². The van der Waals surface area contributed by atoms with Crippen molar-refractivity contribution in [2.24, 2.45) is 5.92 Å². The third kappa shape index (κ3) is 5.63. The van der Waals surface area contributed by atoms with E-state index < -0.39 is 0 Å². The van der Waals surface area contributed by atoms with Crippen LogP contribution in [-0.2, 0) is 19.5 Å². The Morgan fingerprint density at radius 2 is 1.96 bits per heavy atom. The minimum Gasteiger partial charge on any atom is -0.293 e. The molecule has 1 aromatic carbocycles. The van der Waals surface area contributed by atoms with Gasteiger partial charge in [-0.05, 0) is 30.0 Å². The highest BCUT2D eigenvalue weighted by Crippen LogP contribution is 2.17. The number of halogens is 1. The molecule has 0 saturated carbocycles. The molecule has 0 radical (unpaired) electrons. The molecule has 3 aromatic rings. The van der Waals surface area contributed by atoms with Crippen molar-refractivity contribution in [2.45, 2.75) is 53.1 Å². The molecular weight excluding hydrogens is 392 g/mol. The molecule has 0 spiro atoms. The number of fused-ring (bicyclic) bond motifs is 1. The third-order valence-electron chi connectivity index (χ3n) is 4.41. The zero-order valence-electron chi connectivity index (χ0n) is 16.7. The molecule has 28 heavy (non-hydrogen) atoms. The molecule has 0 aliphatic heterocycles. The fourth-order valence-corrected chi connectivity index (χ4v) is 4.27. The highest BCUT2D eigenvalue weighted by Gasteiger charge is 2.14. The van der Waals surface area contributed by atoms with Crippen molar-refractivity contribution < 1.29 is 0 Å². The number of hydrogen-bond acceptors (Lipinski definition) is 5. The van der Waals surface area contributed by atoms with Gasteiger partial charge in [0.15, 0.2) is 0 Å². The first-order valence-electron chi connectivity index (χ1n) is 9.80. The maximum atomic E-state index is 12.5. The maximum Gasteiger partial charge on any atom is 0.275 e. The summed E-state index contributed by atoms with van der Waals surface area (Å²) in [5.41, 5.74) is 1.89. The molecule has 0 amide bonds. The molecule has 0 saturated heterocycles. The maximum absolute atomic E-state index is 12.5. The summed E-state index contributed by atoms with van der Waals surface area (Å²) >= 11 is 7.52. The Kier molecular flexibility index (Phi) is 7.21. The summed E-state index contributed by atoms with van der Waals surface area (Å²) in [6.07, 6.45) is 3.08. The van der Waals surface area contributed by atoms with Crippen LogP contribution in [0.15, 0.2) is 35.1 Å². The Morgan fingerprint density at radius 1 is 1.21 bits per heavy atom. The van der Waals surface area contributed by atoms with Gasteiger partial charge in [0.2, 0.25) is 4.96 Å². The first-order valence-corrected chi connectivity index (χ1v) is 11.0. The average Bonchev–Trinajstić information content (AvgIpc) is 3.05. The summed E-state index contributed by atoms with van der Waals surface area (Å²) in [6.45, 7) is 8.90. The van der Waals surface area contributed by atoms with Crippen LogP contribution in [0.5, 0.6) is 0 Å². The van der Waals surface area contributed by atoms with Crippen molar-refractivity contribution in [3.63, 3.8) is 0 Å². The Morgan fingerprint density at radius 3 is 2.64 bits per heavy atom. The van der Waals surface area contributed by atoms with Crippen LogP contribution in [0.2, 0.25) is 5.02 Å². The van der Waals surface area contributed by atoms with Gasteiger partial charge in [0.05, 0.1) is 5.69 Å². The van der Waals surface area contributed by atoms with E-state index >= 15 is 0 Å². The Labute approximate surface area is 175 Å². The lowest BCUT2D eigenvalue weighted by Gasteiger charge is -2.24. The standard InChI is InChI=1S/C21H27ClN4OS/c1-4-5-6-19-24-26-20(27)11-18(23-21(26)28-19)14-25(12-15(2)3)13-16-7-9-17(22)10-8-16/h7-11,15H,4-6,12-14H2,1-3H3. The molecule has 0 atom stereocenters. The van der Waals surface area contributed by atoms with E-state index in [9.17, 15) is 4.79 Å². The molecule has 2 heterocycles. The molecule has 7 heteroatoms. The summed E-state index contributed by atoms with van der Waals surface area (Å²) < 4.78 is 1.44. The monoisotopic (exact) mass is 418 g/mol. The van der Waals surface area contributed by atoms with Gasteiger partial charge in [0, 0.05) is 37.1 Å². The lowest BCUT2D eigenvalue weighted by Crippen LogP contribution is -2.28. The molecule has 0 N–H and O–H groups in total. The van der Waals surface area contributed by atoms with E-state index in [0.717, 1.165) is 48.1 Å². The van der Waals surface area contributed by atoms with Gasteiger partial charge in [0.25, 0.3) is 5.56 Å². The number of aromatic nitrogens is 3. The second kappa shape index (κ2) is 9.63. The van der Waals surface area contributed by atoms with Gasteiger partial charge in [-0.25, -0.2) is 4.98 Å². The number of nitrogens with zero attached hydrogens (tertiary/aromatic N) is 4. The van der Waals surface area contributed by atoms with E-state index in [0.29, 0.717) is 17.4 Å². The third-order valence-corrected chi connectivity index (χ3v) is 5.63. The van der Waals surface area contributed by atoms with Gasteiger partial charge in [-0.2, -0.15) is 9.61 Å². The van der Waals surface area contributed by atoms with Gasteiger partial charge in [-0.15, -0.1) is 0 Å². The van der Waals surface area contributed by atoms with Crippen LogP contribution in [0.4, 0.5) is 0 Å². The van der Waals surface area contributed by atoms with E-state index in [1.807, 2.05) is 24.3 Å². The fourth-order valence-electron chi connectivity index (χ4n) is 3.18. The smallest absolute Gasteiger partial charge is 0.275 e. The second-order valence-electron chi connectivity index (χ2n) is 7.57. The minimum absolute atomic E-state index is 0.102. The number of unbranched alkanes of at least 4 members (excludes halogenated alkanes) is 1. The zero-order chi connectivity index (χ0) is 20.1. The van der Waals surface area contributed by atoms with Gasteiger partial charge in [0.1, 0.15) is 5.01 Å². The summed E-state index contributed by atoms with van der Waals surface area (Å²) in [4.78, 5) is 20.3. The molecule has 0 bridgehead atoms. The van der Waals surface area contributed by atoms with Crippen molar-refractivity contribution in [1.29, 1.82) is 0 Å². The van der Waals surface area contributed by atoms with Crippen molar-refractivity contribution in [1.82, 2.24) is 19.5 Å². The number of aryl methyl sites for hydroxylation is 1. The zero-order valence-corrected chi connectivity index (χ0v) is 18.3. The van der Waals surface area contributed by atoms with Crippen molar-refractivity contribution in [2.75, 3.05) is 6.54 Å². The first kappa shape index (κ1) is 21.0. The summed E-state index contributed by atoms with van der Waals surface area (Å²) in [6, 6.07) is 9.53. The average molecular weight is 419 g/mol. The highest BCUT2D eigenvalue weighted by atomic mass is 35.5. The minimum atomic E-state index is -0.102. The Bertz CT molecular complexity index is 965. The topological polar surface area (TPSA) is 50.5 Å². The van der Waals surface area contributed by atoms with Crippen LogP contribution in [0.1, 0.15) is 49.9 Å². The second-order valence-corrected chi connectivity index (χ2v) is 9.05. The lowest BCUT2D eigenvalue weighted by atomic mass is 10.1. The largest absolute Gasteiger partial charge is 0.293 e. The molecule has 0 fully saturated rings. The van der Waals surface area contributed by atoms with Crippen LogP contribution in [0.3, 0.4) is 0 Å². The normalized spacial score (nSPS) is 11.8. The number of rotatable bonds is 9. The summed E-state index contributed by atoms with van der Waals surface area (Å²) in [5, 5.41) is 6.14. The summed E-state index contributed by atoms with van der Waals surface area (Å²) in [5.74, 6) is 0.515. The molecule has 0 aliphatic rings. The van der Waals surface area contributed by atoms with E-state index in [2.05, 4.69) is 30.8 Å². The fraction of sp³-hybridized carbons (Fsp3) is 0.476. The first-order chi connectivity index (χ1) is 13.4. The van der Waals surface area contributed by atoms with Gasteiger partial charge in [-0.3, -0.25) is 9.69 Å². The van der Waals surface area contributed by atoms with E-state index in [1.54, 1.807) is 6.07 Å². The quantitative estimate of drug-likeness (QED) is 0.500.